The summed E-state index contributed by atoms with van der Waals surface area (Å²) >= 11 is 0. The number of hydrogen-bond donors (Lipinski definition) is 2. The van der Waals surface area contributed by atoms with E-state index in [1.165, 1.54) is 6.33 Å². The smallest absolute Gasteiger partial charge is 0.234 e. The number of benzene rings is 1. The highest BCUT2D eigenvalue weighted by Crippen LogP contribution is 2.42. The third-order valence-corrected chi connectivity index (χ3v) is 6.19. The summed E-state index contributed by atoms with van der Waals surface area (Å²) in [6.07, 6.45) is 1.51. The fraction of sp³-hybridized carbons (Fsp3) is 0.440. The molecule has 0 amide bonds. The van der Waals surface area contributed by atoms with Gasteiger partial charge in [-0.1, -0.05) is 13.8 Å². The van der Waals surface area contributed by atoms with E-state index in [9.17, 15) is 0 Å². The predicted molar refractivity (Wildman–Crippen MR) is 141 cm³/mol. The minimum atomic E-state index is -0.117. The fourth-order valence-corrected chi connectivity index (χ4v) is 4.25. The first-order valence-corrected chi connectivity index (χ1v) is 11.6. The van der Waals surface area contributed by atoms with Gasteiger partial charge in [0, 0.05) is 43.9 Å². The van der Waals surface area contributed by atoms with Gasteiger partial charge in [-0.25, -0.2) is 9.97 Å². The SMILES string of the molecule is COc1cc(N(C)CCN(C)C)c(N)cc1Nc1ncnc(N2CC(C)(C)c3nc(C)ccc32)n1. The number of hydrogen-bond acceptors (Lipinski definition) is 10. The first-order chi connectivity index (χ1) is 16.6. The summed E-state index contributed by atoms with van der Waals surface area (Å²) in [4.78, 5) is 24.6. The lowest BCUT2D eigenvalue weighted by Gasteiger charge is -2.24. The number of nitrogens with two attached hydrogens (primary N) is 1. The van der Waals surface area contributed by atoms with E-state index in [0.717, 1.165) is 42.4 Å². The number of likely N-dealkylation sites (N-methyl/N-ethyl adjacent to an activating group) is 2. The van der Waals surface area contributed by atoms with Crippen LogP contribution in [-0.2, 0) is 5.41 Å². The Labute approximate surface area is 207 Å². The van der Waals surface area contributed by atoms with Gasteiger partial charge in [-0.2, -0.15) is 4.98 Å². The van der Waals surface area contributed by atoms with Crippen LogP contribution >= 0.6 is 0 Å². The molecule has 0 atom stereocenters. The molecule has 0 unspecified atom stereocenters. The summed E-state index contributed by atoms with van der Waals surface area (Å²) < 4.78 is 5.66. The van der Waals surface area contributed by atoms with Crippen LogP contribution in [0.15, 0.2) is 30.6 Å². The van der Waals surface area contributed by atoms with E-state index in [4.69, 9.17) is 20.4 Å². The van der Waals surface area contributed by atoms with Crippen molar-refractivity contribution in [3.8, 4) is 5.75 Å². The first kappa shape index (κ1) is 24.5. The predicted octanol–water partition coefficient (Wildman–Crippen LogP) is 3.34. The molecule has 10 heteroatoms. The maximum absolute atomic E-state index is 6.41. The highest BCUT2D eigenvalue weighted by molar-refractivity contribution is 5.79. The lowest BCUT2D eigenvalue weighted by Crippen LogP contribution is -2.29. The Bertz CT molecular complexity index is 1210. The average molecular weight is 478 g/mol. The number of fused-ring (bicyclic) bond motifs is 1. The summed E-state index contributed by atoms with van der Waals surface area (Å²) in [5, 5.41) is 3.26. The summed E-state index contributed by atoms with van der Waals surface area (Å²) in [6, 6.07) is 7.88. The molecular formula is C25H35N9O. The summed E-state index contributed by atoms with van der Waals surface area (Å²) in [6.45, 7) is 8.86. The van der Waals surface area contributed by atoms with Crippen molar-refractivity contribution in [1.82, 2.24) is 24.8 Å². The molecule has 186 valence electrons. The molecule has 10 nitrogen and oxygen atoms in total. The second-order valence-corrected chi connectivity index (χ2v) is 9.86. The average Bonchev–Trinajstić information content (AvgIpc) is 3.08. The van der Waals surface area contributed by atoms with Gasteiger partial charge < -0.3 is 30.5 Å². The van der Waals surface area contributed by atoms with Gasteiger partial charge in [-0.15, -0.1) is 0 Å². The van der Waals surface area contributed by atoms with Crippen LogP contribution in [0.3, 0.4) is 0 Å². The monoisotopic (exact) mass is 477 g/mol. The Hall–Kier alpha value is -3.66. The van der Waals surface area contributed by atoms with Gasteiger partial charge in [0.05, 0.1) is 35.6 Å². The molecule has 35 heavy (non-hydrogen) atoms. The topological polar surface area (TPSA) is 109 Å². The molecule has 1 aromatic carbocycles. The van der Waals surface area contributed by atoms with Gasteiger partial charge in [-0.3, -0.25) is 4.98 Å². The van der Waals surface area contributed by atoms with E-state index in [1.54, 1.807) is 7.11 Å². The van der Waals surface area contributed by atoms with Crippen LogP contribution < -0.4 is 25.6 Å². The zero-order valence-electron chi connectivity index (χ0n) is 21.6. The lowest BCUT2D eigenvalue weighted by atomic mass is 9.91. The minimum absolute atomic E-state index is 0.117. The van der Waals surface area contributed by atoms with Crippen molar-refractivity contribution in [2.24, 2.45) is 0 Å². The number of rotatable bonds is 8. The molecular weight excluding hydrogens is 442 g/mol. The highest BCUT2D eigenvalue weighted by Gasteiger charge is 2.38. The van der Waals surface area contributed by atoms with Crippen molar-refractivity contribution in [3.63, 3.8) is 0 Å². The molecule has 0 spiro atoms. The molecule has 1 aliphatic rings. The van der Waals surface area contributed by atoms with Crippen LogP contribution in [0.25, 0.3) is 0 Å². The molecule has 1 aliphatic heterocycles. The largest absolute Gasteiger partial charge is 0.494 e. The number of methoxy groups -OCH3 is 1. The Morgan fingerprint density at radius 3 is 2.60 bits per heavy atom. The lowest BCUT2D eigenvalue weighted by molar-refractivity contribution is 0.413. The Kier molecular flexibility index (Phi) is 6.66. The third-order valence-electron chi connectivity index (χ3n) is 6.19. The quantitative estimate of drug-likeness (QED) is 0.469. The van der Waals surface area contributed by atoms with Crippen LogP contribution in [0.2, 0.25) is 0 Å². The van der Waals surface area contributed by atoms with E-state index in [0.29, 0.717) is 29.0 Å². The van der Waals surface area contributed by atoms with Gasteiger partial charge in [0.2, 0.25) is 11.9 Å². The molecule has 3 N–H and O–H groups in total. The van der Waals surface area contributed by atoms with E-state index < -0.39 is 0 Å². The minimum Gasteiger partial charge on any atom is -0.494 e. The number of pyridine rings is 1. The van der Waals surface area contributed by atoms with Crippen molar-refractivity contribution >= 4 is 34.6 Å². The van der Waals surface area contributed by atoms with E-state index in [2.05, 4.69) is 49.9 Å². The number of nitrogens with one attached hydrogen (secondary N) is 1. The third kappa shape index (κ3) is 5.07. The van der Waals surface area contributed by atoms with Crippen molar-refractivity contribution in [3.05, 3.63) is 42.0 Å². The molecule has 3 heterocycles. The molecule has 0 saturated heterocycles. The maximum Gasteiger partial charge on any atom is 0.234 e. The Balaban J connectivity index is 1.61. The van der Waals surface area contributed by atoms with Crippen molar-refractivity contribution < 1.29 is 4.74 Å². The molecule has 4 rings (SSSR count). The van der Waals surface area contributed by atoms with Crippen LogP contribution in [0.4, 0.5) is 34.6 Å². The number of nitrogens with zero attached hydrogens (tertiary/aromatic N) is 7. The number of anilines is 6. The van der Waals surface area contributed by atoms with Crippen LogP contribution in [0.1, 0.15) is 25.2 Å². The fourth-order valence-electron chi connectivity index (χ4n) is 4.25. The number of aryl methyl sites for hydroxylation is 1. The zero-order valence-corrected chi connectivity index (χ0v) is 21.6. The summed E-state index contributed by atoms with van der Waals surface area (Å²) in [5.41, 5.74) is 11.6. The molecule has 0 aliphatic carbocycles. The standard InChI is InChI=1S/C25H35N9O/c1-16-8-9-19-22(29-16)25(2,3)14-34(19)24-28-15-27-23(31-24)30-18-12-17(26)20(13-21(18)35-7)33(6)11-10-32(4)5/h8-9,12-13,15H,10-11,14,26H2,1-7H3,(H,27,28,30,31). The molecule has 0 saturated carbocycles. The van der Waals surface area contributed by atoms with E-state index >= 15 is 0 Å². The van der Waals surface area contributed by atoms with Gasteiger partial charge in [0.25, 0.3) is 0 Å². The molecule has 2 aromatic heterocycles. The first-order valence-electron chi connectivity index (χ1n) is 11.6. The molecule has 0 radical (unpaired) electrons. The van der Waals surface area contributed by atoms with Crippen molar-refractivity contribution in [2.45, 2.75) is 26.2 Å². The molecule has 0 bridgehead atoms. The highest BCUT2D eigenvalue weighted by atomic mass is 16.5. The van der Waals surface area contributed by atoms with Gasteiger partial charge >= 0.3 is 0 Å². The molecule has 0 fully saturated rings. The van der Waals surface area contributed by atoms with Gasteiger partial charge in [0.1, 0.15) is 12.1 Å². The van der Waals surface area contributed by atoms with Crippen molar-refractivity contribution in [2.75, 3.05) is 68.7 Å². The van der Waals surface area contributed by atoms with E-state index in [-0.39, 0.29) is 5.41 Å². The van der Waals surface area contributed by atoms with Crippen LogP contribution in [0.5, 0.6) is 5.75 Å². The van der Waals surface area contributed by atoms with Crippen LogP contribution in [0, 0.1) is 6.92 Å². The molecule has 3 aromatic rings. The second kappa shape index (κ2) is 9.53. The second-order valence-electron chi connectivity index (χ2n) is 9.86. The van der Waals surface area contributed by atoms with Crippen molar-refractivity contribution in [1.29, 1.82) is 0 Å². The van der Waals surface area contributed by atoms with E-state index in [1.807, 2.05) is 46.3 Å². The summed E-state index contributed by atoms with van der Waals surface area (Å²) in [7, 11) is 7.75. The van der Waals surface area contributed by atoms with Gasteiger partial charge in [-0.05, 0) is 39.2 Å². The number of aromatic nitrogens is 4. The summed E-state index contributed by atoms with van der Waals surface area (Å²) in [5.74, 6) is 1.62. The maximum atomic E-state index is 6.41. The van der Waals surface area contributed by atoms with Gasteiger partial charge in [0.15, 0.2) is 0 Å². The Morgan fingerprint density at radius 2 is 1.89 bits per heavy atom. The zero-order chi connectivity index (χ0) is 25.3. The normalized spacial score (nSPS) is 14.2. The Morgan fingerprint density at radius 1 is 1.11 bits per heavy atom. The number of ether oxygens (including phenoxy) is 1. The number of nitrogen functional groups attached to an aromatic ring is 1. The van der Waals surface area contributed by atoms with Crippen LogP contribution in [-0.4, -0.2) is 72.7 Å².